The third-order valence-electron chi connectivity index (χ3n) is 2.31. The highest BCUT2D eigenvalue weighted by Crippen LogP contribution is 2.31. The highest BCUT2D eigenvalue weighted by atomic mass is 35.5. The summed E-state index contributed by atoms with van der Waals surface area (Å²) in [7, 11) is 0. The lowest BCUT2D eigenvalue weighted by Crippen LogP contribution is -2.40. The van der Waals surface area contributed by atoms with Crippen LogP contribution in [0.1, 0.15) is 33.1 Å². The number of esters is 1. The number of ether oxygens (including phenoxy) is 1. The summed E-state index contributed by atoms with van der Waals surface area (Å²) < 4.78 is 4.82. The molecule has 1 unspecified atom stereocenters. The van der Waals surface area contributed by atoms with Crippen molar-refractivity contribution < 1.29 is 19.4 Å². The van der Waals surface area contributed by atoms with E-state index >= 15 is 0 Å². The normalized spacial score (nSPS) is 14.7. The fourth-order valence-electron chi connectivity index (χ4n) is 1.51. The van der Waals surface area contributed by atoms with E-state index in [4.69, 9.17) is 16.3 Å². The van der Waals surface area contributed by atoms with Crippen molar-refractivity contribution in [2.24, 2.45) is 5.41 Å². The van der Waals surface area contributed by atoms with Crippen molar-refractivity contribution in [2.75, 3.05) is 6.61 Å². The van der Waals surface area contributed by atoms with Crippen LogP contribution >= 0.6 is 11.6 Å². The minimum atomic E-state index is -1.50. The highest BCUT2D eigenvalue weighted by molar-refractivity contribution is 6.25. The predicted molar refractivity (Wildman–Crippen MR) is 61.2 cm³/mol. The monoisotopic (exact) mass is 248 g/mol. The number of carbonyl (C=O) groups excluding carboxylic acids is 1. The van der Waals surface area contributed by atoms with E-state index in [1.807, 2.05) is 6.92 Å². The minimum absolute atomic E-state index is 0.0541. The van der Waals surface area contributed by atoms with Crippen LogP contribution in [0.15, 0.2) is 11.6 Å². The molecule has 0 amide bonds. The van der Waals surface area contributed by atoms with Gasteiger partial charge in [0.05, 0.1) is 6.61 Å². The third-order valence-corrected chi connectivity index (χ3v) is 2.49. The van der Waals surface area contributed by atoms with Crippen LogP contribution in [0, 0.1) is 5.41 Å². The van der Waals surface area contributed by atoms with Gasteiger partial charge in [0.1, 0.15) is 0 Å². The molecule has 5 heteroatoms. The van der Waals surface area contributed by atoms with Gasteiger partial charge in [-0.3, -0.25) is 9.59 Å². The van der Waals surface area contributed by atoms with E-state index in [0.717, 1.165) is 0 Å². The Hall–Kier alpha value is -1.03. The average molecular weight is 249 g/mol. The fourth-order valence-corrected chi connectivity index (χ4v) is 1.60. The summed E-state index contributed by atoms with van der Waals surface area (Å²) in [6.07, 6.45) is 2.34. The quantitative estimate of drug-likeness (QED) is 0.556. The van der Waals surface area contributed by atoms with Gasteiger partial charge in [-0.25, -0.2) is 0 Å². The second-order valence-corrected chi connectivity index (χ2v) is 3.68. The predicted octanol–water partition coefficient (Wildman–Crippen LogP) is 2.56. The number of rotatable bonds is 7. The molecule has 0 aromatic rings. The van der Waals surface area contributed by atoms with E-state index < -0.39 is 17.4 Å². The summed E-state index contributed by atoms with van der Waals surface area (Å²) in [6, 6.07) is 0. The Bertz CT molecular complexity index is 275. The molecule has 1 atom stereocenters. The smallest absolute Gasteiger partial charge is 0.323 e. The summed E-state index contributed by atoms with van der Waals surface area (Å²) in [5.41, 5.74) is -0.289. The van der Waals surface area contributed by atoms with Crippen LogP contribution in [0.3, 0.4) is 0 Å². The van der Waals surface area contributed by atoms with Gasteiger partial charge in [0, 0.05) is 5.54 Å². The second-order valence-electron chi connectivity index (χ2n) is 3.42. The van der Waals surface area contributed by atoms with Crippen molar-refractivity contribution in [1.29, 1.82) is 0 Å². The minimum Gasteiger partial charge on any atom is -0.480 e. The summed E-state index contributed by atoms with van der Waals surface area (Å²) in [5.74, 6) is -1.86. The molecule has 0 saturated carbocycles. The van der Waals surface area contributed by atoms with E-state index in [1.165, 1.54) is 11.6 Å². The van der Waals surface area contributed by atoms with E-state index in [1.54, 1.807) is 6.92 Å². The van der Waals surface area contributed by atoms with Gasteiger partial charge in [-0.1, -0.05) is 31.0 Å². The molecular weight excluding hydrogens is 232 g/mol. The molecule has 0 aliphatic carbocycles. The molecule has 4 nitrogen and oxygen atoms in total. The molecule has 0 aliphatic rings. The molecule has 0 aliphatic heterocycles. The van der Waals surface area contributed by atoms with Gasteiger partial charge in [-0.2, -0.15) is 0 Å². The maximum Gasteiger partial charge on any atom is 0.323 e. The molecule has 92 valence electrons. The zero-order valence-electron chi connectivity index (χ0n) is 9.53. The standard InChI is InChI=1S/C11H17ClO4/c1-3-6-11(9(13)14,7-5-8-12)10(15)16-4-2/h5,8H,3-4,6-7H2,1-2H3,(H,13,14)/b8-5+. The van der Waals surface area contributed by atoms with E-state index in [9.17, 15) is 14.7 Å². The number of hydrogen-bond donors (Lipinski definition) is 1. The molecule has 0 heterocycles. The Morgan fingerprint density at radius 3 is 2.44 bits per heavy atom. The van der Waals surface area contributed by atoms with Crippen molar-refractivity contribution in [3.63, 3.8) is 0 Å². The maximum atomic E-state index is 11.7. The Balaban J connectivity index is 5.06. The lowest BCUT2D eigenvalue weighted by atomic mass is 9.80. The van der Waals surface area contributed by atoms with Crippen molar-refractivity contribution in [1.82, 2.24) is 0 Å². The van der Waals surface area contributed by atoms with Gasteiger partial charge in [0.2, 0.25) is 0 Å². The van der Waals surface area contributed by atoms with Crippen LogP contribution in [0.4, 0.5) is 0 Å². The zero-order valence-corrected chi connectivity index (χ0v) is 10.3. The van der Waals surface area contributed by atoms with E-state index in [0.29, 0.717) is 6.42 Å². The number of carboxylic acids is 1. The summed E-state index contributed by atoms with van der Waals surface area (Å²) in [5, 5.41) is 9.20. The Morgan fingerprint density at radius 2 is 2.06 bits per heavy atom. The average Bonchev–Trinajstić information content (AvgIpc) is 2.24. The van der Waals surface area contributed by atoms with E-state index in [2.05, 4.69) is 0 Å². The fraction of sp³-hybridized carbons (Fsp3) is 0.636. The molecule has 0 rings (SSSR count). The van der Waals surface area contributed by atoms with Crippen molar-refractivity contribution in [2.45, 2.75) is 33.1 Å². The van der Waals surface area contributed by atoms with Crippen LogP contribution in [-0.2, 0) is 14.3 Å². The zero-order chi connectivity index (χ0) is 12.6. The van der Waals surface area contributed by atoms with Gasteiger partial charge < -0.3 is 9.84 Å². The molecule has 0 aromatic heterocycles. The van der Waals surface area contributed by atoms with Crippen molar-refractivity contribution in [3.8, 4) is 0 Å². The largest absolute Gasteiger partial charge is 0.480 e. The SMILES string of the molecule is CCCC(C/C=C/Cl)(C(=O)O)C(=O)OCC. The molecule has 1 N–H and O–H groups in total. The molecule has 0 radical (unpaired) electrons. The molecule has 0 spiro atoms. The molecule has 16 heavy (non-hydrogen) atoms. The molecule has 0 fully saturated rings. The van der Waals surface area contributed by atoms with Crippen molar-refractivity contribution in [3.05, 3.63) is 11.6 Å². The number of aliphatic carboxylic acids is 1. The number of carboxylic acid groups (broad SMARTS) is 1. The first kappa shape index (κ1) is 15.0. The van der Waals surface area contributed by atoms with Gasteiger partial charge >= 0.3 is 11.9 Å². The molecular formula is C11H17ClO4. The third kappa shape index (κ3) is 3.52. The van der Waals surface area contributed by atoms with Crippen LogP contribution in [0.25, 0.3) is 0 Å². The summed E-state index contributed by atoms with van der Waals surface area (Å²) >= 11 is 5.37. The molecule has 0 aromatic carbocycles. The Kier molecular flexibility index (Phi) is 6.81. The number of hydrogen-bond acceptors (Lipinski definition) is 3. The van der Waals surface area contributed by atoms with Crippen LogP contribution < -0.4 is 0 Å². The highest BCUT2D eigenvalue weighted by Gasteiger charge is 2.45. The first-order valence-corrected chi connectivity index (χ1v) is 5.64. The van der Waals surface area contributed by atoms with Crippen LogP contribution in [0.5, 0.6) is 0 Å². The van der Waals surface area contributed by atoms with Crippen LogP contribution in [-0.4, -0.2) is 23.7 Å². The molecule has 0 bridgehead atoms. The lowest BCUT2D eigenvalue weighted by molar-refractivity contribution is -0.169. The second kappa shape index (κ2) is 7.28. The summed E-state index contributed by atoms with van der Waals surface area (Å²) in [6.45, 7) is 3.64. The number of halogens is 1. The number of allylic oxidation sites excluding steroid dienone is 1. The van der Waals surface area contributed by atoms with Gasteiger partial charge in [0.25, 0.3) is 0 Å². The van der Waals surface area contributed by atoms with Gasteiger partial charge in [-0.15, -0.1) is 0 Å². The van der Waals surface area contributed by atoms with Gasteiger partial charge in [0.15, 0.2) is 5.41 Å². The Morgan fingerprint density at radius 1 is 1.44 bits per heavy atom. The van der Waals surface area contributed by atoms with Crippen LogP contribution in [0.2, 0.25) is 0 Å². The first-order valence-electron chi connectivity index (χ1n) is 5.21. The summed E-state index contributed by atoms with van der Waals surface area (Å²) in [4.78, 5) is 23.0. The first-order chi connectivity index (χ1) is 7.55. The van der Waals surface area contributed by atoms with Gasteiger partial charge in [-0.05, 0) is 19.8 Å². The van der Waals surface area contributed by atoms with E-state index in [-0.39, 0.29) is 19.4 Å². The number of carbonyl (C=O) groups is 2. The molecule has 0 saturated heterocycles. The topological polar surface area (TPSA) is 63.6 Å². The maximum absolute atomic E-state index is 11.7. The Labute approximate surface area is 100 Å². The van der Waals surface area contributed by atoms with Crippen molar-refractivity contribution >= 4 is 23.5 Å². The lowest BCUT2D eigenvalue weighted by Gasteiger charge is -2.25.